The van der Waals surface area contributed by atoms with Gasteiger partial charge in [0.25, 0.3) is 5.91 Å². The van der Waals surface area contributed by atoms with Gasteiger partial charge >= 0.3 is 0 Å². The third-order valence-corrected chi connectivity index (χ3v) is 4.53. The molecule has 3 aromatic rings. The van der Waals surface area contributed by atoms with Crippen LogP contribution in [0.15, 0.2) is 72.9 Å². The van der Waals surface area contributed by atoms with E-state index in [1.54, 1.807) is 28.3 Å². The lowest BCUT2D eigenvalue weighted by atomic mass is 10.1. The zero-order valence-corrected chi connectivity index (χ0v) is 14.9. The highest BCUT2D eigenvalue weighted by Crippen LogP contribution is 2.37. The number of aromatic nitrogens is 1. The molecule has 1 aromatic heterocycles. The highest BCUT2D eigenvalue weighted by molar-refractivity contribution is 6.31. The summed E-state index contributed by atoms with van der Waals surface area (Å²) in [4.78, 5) is 17.5. The topological polar surface area (TPSA) is 36.4 Å². The molecular weight excluding hydrogens is 346 g/mol. The quantitative estimate of drug-likeness (QED) is 0.676. The van der Waals surface area contributed by atoms with Crippen LogP contribution < -0.4 is 5.01 Å². The summed E-state index contributed by atoms with van der Waals surface area (Å²) in [5.41, 5.74) is 3.21. The summed E-state index contributed by atoms with van der Waals surface area (Å²) in [6.07, 6.45) is 3.69. The van der Waals surface area contributed by atoms with E-state index < -0.39 is 0 Å². The molecular formula is C21H16ClN3O. The van der Waals surface area contributed by atoms with Crippen LogP contribution in [0.4, 0.5) is 5.82 Å². The molecule has 0 N–H and O–H groups in total. The summed E-state index contributed by atoms with van der Waals surface area (Å²) in [5.74, 6) is 0.575. The van der Waals surface area contributed by atoms with E-state index in [2.05, 4.69) is 4.98 Å². The van der Waals surface area contributed by atoms with Crippen LogP contribution in [0.5, 0.6) is 0 Å². The Morgan fingerprint density at radius 2 is 1.77 bits per heavy atom. The summed E-state index contributed by atoms with van der Waals surface area (Å²) in [7, 11) is 1.83. The molecule has 0 aliphatic carbocycles. The molecule has 0 unspecified atom stereocenters. The third kappa shape index (κ3) is 2.85. The first kappa shape index (κ1) is 16.4. The molecule has 1 aliphatic heterocycles. The van der Waals surface area contributed by atoms with Crippen LogP contribution in [0.1, 0.15) is 21.5 Å². The van der Waals surface area contributed by atoms with Crippen LogP contribution >= 0.6 is 11.6 Å². The molecule has 0 fully saturated rings. The zero-order valence-electron chi connectivity index (χ0n) is 14.1. The first-order valence-corrected chi connectivity index (χ1v) is 8.59. The maximum absolute atomic E-state index is 13.1. The van der Waals surface area contributed by atoms with Crippen LogP contribution in [0.25, 0.3) is 11.8 Å². The SMILES string of the molecule is CN(c1ccccn1)N1C(=O)c2ccc(Cl)cc2C1=Cc1ccccc1. The van der Waals surface area contributed by atoms with Crippen molar-refractivity contribution in [2.24, 2.45) is 0 Å². The van der Waals surface area contributed by atoms with Gasteiger partial charge < -0.3 is 0 Å². The number of amides is 1. The average Bonchev–Trinajstić information content (AvgIpc) is 2.94. The molecule has 0 bridgehead atoms. The van der Waals surface area contributed by atoms with E-state index in [0.29, 0.717) is 16.4 Å². The number of nitrogens with zero attached hydrogens (tertiary/aromatic N) is 3. The van der Waals surface area contributed by atoms with Gasteiger partial charge in [0.05, 0.1) is 11.3 Å². The van der Waals surface area contributed by atoms with E-state index in [-0.39, 0.29) is 5.91 Å². The molecule has 0 spiro atoms. The number of halogens is 1. The maximum atomic E-state index is 13.1. The number of hydrazine groups is 1. The minimum atomic E-state index is -0.105. The van der Waals surface area contributed by atoms with Gasteiger partial charge in [0.1, 0.15) is 5.82 Å². The number of carbonyl (C=O) groups excluding carboxylic acids is 1. The van der Waals surface area contributed by atoms with Gasteiger partial charge in [-0.1, -0.05) is 48.0 Å². The van der Waals surface area contributed by atoms with Gasteiger partial charge in [0, 0.05) is 23.8 Å². The van der Waals surface area contributed by atoms with E-state index in [1.165, 1.54) is 0 Å². The van der Waals surface area contributed by atoms with Crippen molar-refractivity contribution >= 4 is 35.1 Å². The number of rotatable bonds is 3. The Labute approximate surface area is 156 Å². The van der Waals surface area contributed by atoms with Crippen molar-refractivity contribution in [1.29, 1.82) is 0 Å². The van der Waals surface area contributed by atoms with Crippen molar-refractivity contribution in [3.05, 3.63) is 94.6 Å². The van der Waals surface area contributed by atoms with Gasteiger partial charge in [0.15, 0.2) is 0 Å². The lowest BCUT2D eigenvalue weighted by Gasteiger charge is -2.30. The first-order chi connectivity index (χ1) is 12.6. The van der Waals surface area contributed by atoms with Crippen LogP contribution in [0.2, 0.25) is 5.02 Å². The third-order valence-electron chi connectivity index (χ3n) is 4.29. The normalized spacial score (nSPS) is 14.6. The molecule has 0 saturated carbocycles. The summed E-state index contributed by atoms with van der Waals surface area (Å²) in [6, 6.07) is 20.8. The lowest BCUT2D eigenvalue weighted by molar-refractivity contribution is 0.0844. The molecule has 0 atom stereocenters. The average molecular weight is 362 g/mol. The van der Waals surface area contributed by atoms with Gasteiger partial charge in [-0.3, -0.25) is 9.80 Å². The zero-order chi connectivity index (χ0) is 18.1. The molecule has 26 heavy (non-hydrogen) atoms. The number of hydrogen-bond donors (Lipinski definition) is 0. The van der Waals surface area contributed by atoms with Crippen molar-refractivity contribution in [2.75, 3.05) is 12.1 Å². The molecule has 128 valence electrons. The van der Waals surface area contributed by atoms with Crippen molar-refractivity contribution in [2.45, 2.75) is 0 Å². The van der Waals surface area contributed by atoms with Gasteiger partial charge in [0.2, 0.25) is 0 Å². The van der Waals surface area contributed by atoms with Crippen LogP contribution in [-0.2, 0) is 0 Å². The first-order valence-electron chi connectivity index (χ1n) is 8.21. The van der Waals surface area contributed by atoms with Crippen molar-refractivity contribution in [3.63, 3.8) is 0 Å². The molecule has 4 rings (SSSR count). The molecule has 2 heterocycles. The van der Waals surface area contributed by atoms with Crippen molar-refractivity contribution in [3.8, 4) is 0 Å². The Morgan fingerprint density at radius 3 is 2.50 bits per heavy atom. The molecule has 1 aliphatic rings. The van der Waals surface area contributed by atoms with Gasteiger partial charge in [-0.2, -0.15) is 0 Å². The number of pyridine rings is 1. The van der Waals surface area contributed by atoms with E-state index in [1.807, 2.05) is 67.7 Å². The predicted molar refractivity (Wildman–Crippen MR) is 105 cm³/mol. The maximum Gasteiger partial charge on any atom is 0.277 e. The Bertz CT molecular complexity index is 987. The second kappa shape index (κ2) is 6.65. The lowest BCUT2D eigenvalue weighted by Crippen LogP contribution is -2.39. The Kier molecular flexibility index (Phi) is 4.19. The highest BCUT2D eigenvalue weighted by atomic mass is 35.5. The van der Waals surface area contributed by atoms with Gasteiger partial charge in [-0.15, -0.1) is 0 Å². The number of benzene rings is 2. The number of anilines is 1. The molecule has 0 radical (unpaired) electrons. The van der Waals surface area contributed by atoms with E-state index in [0.717, 1.165) is 16.8 Å². The molecule has 4 nitrogen and oxygen atoms in total. The summed E-state index contributed by atoms with van der Waals surface area (Å²) in [6.45, 7) is 0. The van der Waals surface area contributed by atoms with Crippen molar-refractivity contribution < 1.29 is 4.79 Å². The van der Waals surface area contributed by atoms with Crippen LogP contribution in [0, 0.1) is 0 Å². The fourth-order valence-electron chi connectivity index (χ4n) is 3.04. The van der Waals surface area contributed by atoms with E-state index in [9.17, 15) is 4.79 Å². The summed E-state index contributed by atoms with van der Waals surface area (Å²) >= 11 is 6.20. The molecule has 0 saturated heterocycles. The summed E-state index contributed by atoms with van der Waals surface area (Å²) in [5, 5.41) is 3.99. The monoisotopic (exact) mass is 361 g/mol. The summed E-state index contributed by atoms with van der Waals surface area (Å²) < 4.78 is 0. The number of carbonyl (C=O) groups is 1. The van der Waals surface area contributed by atoms with Crippen LogP contribution in [-0.4, -0.2) is 22.9 Å². The largest absolute Gasteiger partial charge is 0.277 e. The molecule has 5 heteroatoms. The highest BCUT2D eigenvalue weighted by Gasteiger charge is 2.35. The Hall–Kier alpha value is -3.11. The minimum Gasteiger partial charge on any atom is -0.267 e. The Balaban J connectivity index is 1.87. The second-order valence-corrected chi connectivity index (χ2v) is 6.40. The minimum absolute atomic E-state index is 0.105. The van der Waals surface area contributed by atoms with E-state index in [4.69, 9.17) is 11.6 Å². The number of fused-ring (bicyclic) bond motifs is 1. The smallest absolute Gasteiger partial charge is 0.267 e. The standard InChI is InChI=1S/C21H16ClN3O/c1-24(20-9-5-6-12-23-20)25-19(13-15-7-3-2-4-8-15)18-14-16(22)10-11-17(18)21(25)26/h2-14H,1H3. The van der Waals surface area contributed by atoms with Gasteiger partial charge in [-0.05, 0) is 42.0 Å². The number of hydrogen-bond acceptors (Lipinski definition) is 3. The van der Waals surface area contributed by atoms with Crippen LogP contribution in [0.3, 0.4) is 0 Å². The van der Waals surface area contributed by atoms with Gasteiger partial charge in [-0.25, -0.2) is 9.99 Å². The van der Waals surface area contributed by atoms with Crippen molar-refractivity contribution in [1.82, 2.24) is 9.99 Å². The fraction of sp³-hybridized carbons (Fsp3) is 0.0476. The molecule has 1 amide bonds. The Morgan fingerprint density at radius 1 is 1.00 bits per heavy atom. The molecule has 2 aromatic carbocycles. The second-order valence-electron chi connectivity index (χ2n) is 5.96. The predicted octanol–water partition coefficient (Wildman–Crippen LogP) is 4.74. The fourth-order valence-corrected chi connectivity index (χ4v) is 3.22. The van der Waals surface area contributed by atoms with E-state index >= 15 is 0 Å².